The Morgan fingerprint density at radius 3 is 2.57 bits per heavy atom. The number of aromatic nitrogens is 3. The number of hydrogen-bond acceptors (Lipinski definition) is 6. The van der Waals surface area contributed by atoms with Crippen LogP contribution in [0.15, 0.2) is 23.4 Å². The molecule has 0 saturated heterocycles. The Labute approximate surface area is 118 Å². The van der Waals surface area contributed by atoms with Crippen LogP contribution in [0.1, 0.15) is 6.92 Å². The van der Waals surface area contributed by atoms with Crippen LogP contribution in [-0.4, -0.2) is 28.1 Å². The van der Waals surface area contributed by atoms with Gasteiger partial charge in [0.2, 0.25) is 0 Å². The second-order valence-electron chi connectivity index (χ2n) is 4.02. The van der Waals surface area contributed by atoms with Gasteiger partial charge in [-0.2, -0.15) is 0 Å². The van der Waals surface area contributed by atoms with Crippen molar-refractivity contribution in [3.05, 3.63) is 34.1 Å². The van der Waals surface area contributed by atoms with Gasteiger partial charge >= 0.3 is 0 Å². The van der Waals surface area contributed by atoms with E-state index in [2.05, 4.69) is 10.2 Å². The number of rotatable bonds is 4. The molecule has 1 aromatic carbocycles. The van der Waals surface area contributed by atoms with Crippen molar-refractivity contribution in [1.82, 2.24) is 14.8 Å². The van der Waals surface area contributed by atoms with Gasteiger partial charge in [-0.3, -0.25) is 14.7 Å². The van der Waals surface area contributed by atoms with Gasteiger partial charge in [-0.15, -0.1) is 10.2 Å². The van der Waals surface area contributed by atoms with Gasteiger partial charge in [-0.1, -0.05) is 0 Å². The highest BCUT2D eigenvalue weighted by molar-refractivity contribution is 7.89. The third kappa shape index (κ3) is 2.73. The normalized spacial score (nSPS) is 11.6. The molecular formula is C10H10FN5O4S. The first-order valence-corrected chi connectivity index (χ1v) is 7.20. The van der Waals surface area contributed by atoms with Gasteiger partial charge in [0, 0.05) is 12.6 Å². The molecule has 21 heavy (non-hydrogen) atoms. The molecule has 0 unspecified atom stereocenters. The topological polar surface area (TPSA) is 134 Å². The van der Waals surface area contributed by atoms with Crippen molar-refractivity contribution in [3.63, 3.8) is 0 Å². The number of primary sulfonamides is 1. The Bertz CT molecular complexity index is 817. The van der Waals surface area contributed by atoms with E-state index in [0.717, 1.165) is 22.8 Å². The first-order valence-electron chi connectivity index (χ1n) is 5.66. The average molecular weight is 315 g/mol. The summed E-state index contributed by atoms with van der Waals surface area (Å²) in [4.78, 5) is 9.83. The van der Waals surface area contributed by atoms with Crippen molar-refractivity contribution in [1.29, 1.82) is 0 Å². The highest BCUT2D eigenvalue weighted by atomic mass is 32.2. The van der Waals surface area contributed by atoms with Crippen molar-refractivity contribution in [3.8, 4) is 11.4 Å². The van der Waals surface area contributed by atoms with E-state index in [1.54, 1.807) is 6.92 Å². The molecule has 9 nitrogen and oxygen atoms in total. The molecule has 2 aromatic rings. The largest absolute Gasteiger partial charge is 0.297 e. The Morgan fingerprint density at radius 1 is 1.43 bits per heavy atom. The number of nitrogens with zero attached hydrogens (tertiary/aromatic N) is 4. The molecule has 1 heterocycles. The number of non-ortho nitro benzene ring substituents is 1. The number of nitro groups is 1. The molecule has 112 valence electrons. The lowest BCUT2D eigenvalue weighted by molar-refractivity contribution is -0.385. The predicted octanol–water partition coefficient (Wildman–Crippen LogP) is 0.660. The van der Waals surface area contributed by atoms with Gasteiger partial charge in [0.05, 0.1) is 16.6 Å². The van der Waals surface area contributed by atoms with Crippen LogP contribution in [0, 0.1) is 15.9 Å². The zero-order valence-corrected chi connectivity index (χ0v) is 11.5. The van der Waals surface area contributed by atoms with E-state index in [-0.39, 0.29) is 17.9 Å². The molecule has 0 radical (unpaired) electrons. The molecule has 0 amide bonds. The summed E-state index contributed by atoms with van der Waals surface area (Å²) in [5.74, 6) is -0.985. The molecule has 0 aliphatic heterocycles. The molecule has 0 spiro atoms. The van der Waals surface area contributed by atoms with E-state index in [1.165, 1.54) is 0 Å². The summed E-state index contributed by atoms with van der Waals surface area (Å²) < 4.78 is 37.8. The fourth-order valence-electron chi connectivity index (χ4n) is 1.78. The maximum atomic E-state index is 14.0. The zero-order chi connectivity index (χ0) is 15.8. The number of sulfonamides is 1. The quantitative estimate of drug-likeness (QED) is 0.650. The molecule has 11 heteroatoms. The van der Waals surface area contributed by atoms with Crippen LogP contribution in [0.4, 0.5) is 10.1 Å². The van der Waals surface area contributed by atoms with Crippen molar-refractivity contribution in [2.45, 2.75) is 18.6 Å². The van der Waals surface area contributed by atoms with Crippen LogP contribution in [0.5, 0.6) is 0 Å². The van der Waals surface area contributed by atoms with E-state index in [0.29, 0.717) is 0 Å². The smallest absolute Gasteiger partial charge is 0.273 e. The Kier molecular flexibility index (Phi) is 3.70. The molecule has 0 atom stereocenters. The minimum absolute atomic E-state index is 0.0751. The van der Waals surface area contributed by atoms with E-state index in [1.807, 2.05) is 0 Å². The minimum Gasteiger partial charge on any atom is -0.297 e. The first kappa shape index (κ1) is 15.0. The van der Waals surface area contributed by atoms with Crippen LogP contribution in [-0.2, 0) is 16.6 Å². The summed E-state index contributed by atoms with van der Waals surface area (Å²) >= 11 is 0. The van der Waals surface area contributed by atoms with Crippen LogP contribution in [0.2, 0.25) is 0 Å². The molecule has 0 bridgehead atoms. The van der Waals surface area contributed by atoms with Crippen LogP contribution < -0.4 is 5.14 Å². The third-order valence-electron chi connectivity index (χ3n) is 2.69. The van der Waals surface area contributed by atoms with Crippen LogP contribution in [0.25, 0.3) is 11.4 Å². The Hall–Kier alpha value is -2.40. The summed E-state index contributed by atoms with van der Waals surface area (Å²) in [6, 6.07) is 2.95. The molecule has 2 rings (SSSR count). The summed E-state index contributed by atoms with van der Waals surface area (Å²) in [6.07, 6.45) is 0. The second-order valence-corrected chi connectivity index (χ2v) is 5.47. The molecule has 0 fully saturated rings. The van der Waals surface area contributed by atoms with Crippen molar-refractivity contribution in [2.24, 2.45) is 5.14 Å². The highest BCUT2D eigenvalue weighted by Gasteiger charge is 2.23. The van der Waals surface area contributed by atoms with E-state index < -0.39 is 31.6 Å². The van der Waals surface area contributed by atoms with E-state index in [9.17, 15) is 22.9 Å². The maximum absolute atomic E-state index is 14.0. The van der Waals surface area contributed by atoms with Crippen molar-refractivity contribution < 1.29 is 17.7 Å². The summed E-state index contributed by atoms with van der Waals surface area (Å²) in [5, 5.41) is 22.1. The SMILES string of the molecule is CCn1c(-c2ccc([N+](=O)[O-])cc2F)nnc1S(N)(=O)=O. The number of nitrogens with two attached hydrogens (primary N) is 1. The van der Waals surface area contributed by atoms with Gasteiger partial charge in [0.1, 0.15) is 5.82 Å². The van der Waals surface area contributed by atoms with Crippen LogP contribution in [0.3, 0.4) is 0 Å². The summed E-state index contributed by atoms with van der Waals surface area (Å²) in [5.41, 5.74) is -0.532. The molecule has 0 saturated carbocycles. The fraction of sp³-hybridized carbons (Fsp3) is 0.200. The number of benzene rings is 1. The van der Waals surface area contributed by atoms with Crippen LogP contribution >= 0.6 is 0 Å². The monoisotopic (exact) mass is 315 g/mol. The van der Waals surface area contributed by atoms with E-state index >= 15 is 0 Å². The zero-order valence-electron chi connectivity index (χ0n) is 10.7. The molecule has 0 aliphatic carbocycles. The Morgan fingerprint density at radius 2 is 2.10 bits per heavy atom. The lowest BCUT2D eigenvalue weighted by Crippen LogP contribution is -2.18. The predicted molar refractivity (Wildman–Crippen MR) is 69.1 cm³/mol. The number of nitro benzene ring substituents is 1. The van der Waals surface area contributed by atoms with Crippen molar-refractivity contribution >= 4 is 15.7 Å². The summed E-state index contributed by atoms with van der Waals surface area (Å²) in [6.45, 7) is 1.73. The van der Waals surface area contributed by atoms with Gasteiger partial charge in [0.25, 0.3) is 20.9 Å². The lowest BCUT2D eigenvalue weighted by Gasteiger charge is -2.06. The minimum atomic E-state index is -4.11. The molecule has 2 N–H and O–H groups in total. The lowest BCUT2D eigenvalue weighted by atomic mass is 10.2. The van der Waals surface area contributed by atoms with Gasteiger partial charge in [-0.05, 0) is 13.0 Å². The van der Waals surface area contributed by atoms with Gasteiger partial charge < -0.3 is 0 Å². The molecular weight excluding hydrogens is 305 g/mol. The Balaban J connectivity index is 2.63. The maximum Gasteiger partial charge on any atom is 0.273 e. The second kappa shape index (κ2) is 5.18. The molecule has 0 aliphatic rings. The average Bonchev–Trinajstić information content (AvgIpc) is 2.81. The fourth-order valence-corrected chi connectivity index (χ4v) is 2.46. The van der Waals surface area contributed by atoms with Gasteiger partial charge in [-0.25, -0.2) is 17.9 Å². The number of hydrogen-bond donors (Lipinski definition) is 1. The van der Waals surface area contributed by atoms with E-state index in [4.69, 9.17) is 5.14 Å². The summed E-state index contributed by atoms with van der Waals surface area (Å²) in [7, 11) is -4.11. The molecule has 1 aromatic heterocycles. The van der Waals surface area contributed by atoms with Crippen molar-refractivity contribution in [2.75, 3.05) is 0 Å². The van der Waals surface area contributed by atoms with Gasteiger partial charge in [0.15, 0.2) is 5.82 Å². The first-order chi connectivity index (χ1) is 9.75. The number of halogens is 1. The standard InChI is InChI=1S/C10H10FN5O4S/c1-2-15-9(13-14-10(15)21(12,19)20)7-4-3-6(16(17)18)5-8(7)11/h3-5H,2H2,1H3,(H2,12,19,20). The highest BCUT2D eigenvalue weighted by Crippen LogP contribution is 2.26. The third-order valence-corrected chi connectivity index (χ3v) is 3.50.